The summed E-state index contributed by atoms with van der Waals surface area (Å²) >= 11 is 6.06. The van der Waals surface area contributed by atoms with Gasteiger partial charge in [-0.25, -0.2) is 0 Å². The number of rotatable bonds is 2. The van der Waals surface area contributed by atoms with Gasteiger partial charge in [0.25, 0.3) is 0 Å². The van der Waals surface area contributed by atoms with Crippen molar-refractivity contribution in [3.63, 3.8) is 0 Å². The molecule has 0 N–H and O–H groups in total. The van der Waals surface area contributed by atoms with E-state index in [4.69, 9.17) is 0 Å². The number of fused-ring (bicyclic) bond motifs is 1. The van der Waals surface area contributed by atoms with Crippen molar-refractivity contribution < 1.29 is 4.79 Å². The van der Waals surface area contributed by atoms with E-state index in [2.05, 4.69) is 74.9 Å². The van der Waals surface area contributed by atoms with E-state index in [1.54, 1.807) is 4.90 Å². The van der Waals surface area contributed by atoms with Crippen LogP contribution in [0.5, 0.6) is 0 Å². The molecule has 0 aromatic heterocycles. The van der Waals surface area contributed by atoms with E-state index in [-0.39, 0.29) is 10.7 Å². The molecule has 102 valence electrons. The maximum Gasteiger partial charge on any atom is 0.231 e. The number of carbonyl (C=O) groups is 1. The number of amides is 1. The van der Waals surface area contributed by atoms with Crippen molar-refractivity contribution in [1.29, 1.82) is 0 Å². The molecule has 1 heterocycles. The van der Waals surface area contributed by atoms with E-state index in [1.807, 2.05) is 13.1 Å². The lowest BCUT2D eigenvalue weighted by molar-refractivity contribution is -0.117. The second-order valence-corrected chi connectivity index (χ2v) is 7.09. The van der Waals surface area contributed by atoms with E-state index >= 15 is 0 Å². The smallest absolute Gasteiger partial charge is 0.231 e. The third kappa shape index (κ3) is 2.51. The lowest BCUT2D eigenvalue weighted by Gasteiger charge is -2.14. The summed E-state index contributed by atoms with van der Waals surface area (Å²) in [6.07, 6.45) is 0.506. The molecule has 3 rings (SSSR count). The summed E-state index contributed by atoms with van der Waals surface area (Å²) in [7, 11) is 1.83. The van der Waals surface area contributed by atoms with Crippen molar-refractivity contribution in [2.45, 2.75) is 11.2 Å². The Balaban J connectivity index is 1.94. The van der Waals surface area contributed by atoms with E-state index in [0.717, 1.165) is 11.3 Å². The van der Waals surface area contributed by atoms with Gasteiger partial charge in [-0.1, -0.05) is 40.2 Å². The Labute approximate surface area is 140 Å². The molecule has 4 heteroatoms. The fraction of sp³-hybridized carbons (Fsp3) is 0.188. The molecule has 2 nitrogen and oxygen atoms in total. The van der Waals surface area contributed by atoms with Gasteiger partial charge in [0.2, 0.25) is 5.91 Å². The topological polar surface area (TPSA) is 20.3 Å². The van der Waals surface area contributed by atoms with Crippen molar-refractivity contribution in [3.8, 4) is 0 Å². The second kappa shape index (κ2) is 5.48. The summed E-state index contributed by atoms with van der Waals surface area (Å²) < 4.78 is 1.23. The molecule has 20 heavy (non-hydrogen) atoms. The maximum absolute atomic E-state index is 11.7. The summed E-state index contributed by atoms with van der Waals surface area (Å²) in [5.74, 6) is 0.164. The highest BCUT2D eigenvalue weighted by Gasteiger charge is 2.24. The molecule has 0 spiro atoms. The summed E-state index contributed by atoms with van der Waals surface area (Å²) in [5, 5.41) is 0. The van der Waals surface area contributed by atoms with Crippen LogP contribution >= 0.6 is 38.5 Å². The average molecular weight is 442 g/mol. The predicted molar refractivity (Wildman–Crippen MR) is 93.5 cm³/mol. The first-order valence-corrected chi connectivity index (χ1v) is 8.34. The van der Waals surface area contributed by atoms with E-state index in [9.17, 15) is 4.79 Å². The van der Waals surface area contributed by atoms with E-state index in [1.165, 1.54) is 14.7 Å². The summed E-state index contributed by atoms with van der Waals surface area (Å²) in [6.45, 7) is 0. The van der Waals surface area contributed by atoms with Crippen molar-refractivity contribution >= 4 is 50.1 Å². The largest absolute Gasteiger partial charge is 0.315 e. The molecule has 1 atom stereocenters. The van der Waals surface area contributed by atoms with Gasteiger partial charge in [0.05, 0.1) is 11.2 Å². The lowest BCUT2D eigenvalue weighted by Crippen LogP contribution is -2.20. The van der Waals surface area contributed by atoms with Crippen LogP contribution in [0.25, 0.3) is 0 Å². The van der Waals surface area contributed by atoms with Crippen LogP contribution in [0.1, 0.15) is 21.5 Å². The fourth-order valence-electron chi connectivity index (χ4n) is 2.47. The number of likely N-dealkylation sites (N-methyl/N-ethyl adjacent to an activating group) is 1. The standard InChI is InChI=1S/C16H13BrINO/c1-19-14-7-4-11(8-12(14)9-15(19)20)16(17)10-2-5-13(18)6-3-10/h2-8,16H,9H2,1H3. The first-order chi connectivity index (χ1) is 9.56. The number of hydrogen-bond donors (Lipinski definition) is 0. The molecule has 0 fully saturated rings. The zero-order valence-electron chi connectivity index (χ0n) is 10.9. The van der Waals surface area contributed by atoms with Gasteiger partial charge in [0.15, 0.2) is 0 Å². The van der Waals surface area contributed by atoms with Gasteiger partial charge in [-0.15, -0.1) is 0 Å². The van der Waals surface area contributed by atoms with Gasteiger partial charge in [-0.3, -0.25) is 4.79 Å². The fourth-order valence-corrected chi connectivity index (χ4v) is 3.42. The highest BCUT2D eigenvalue weighted by Crippen LogP contribution is 2.35. The van der Waals surface area contributed by atoms with Crippen LogP contribution in [-0.4, -0.2) is 13.0 Å². The van der Waals surface area contributed by atoms with Gasteiger partial charge < -0.3 is 4.90 Å². The van der Waals surface area contributed by atoms with Gasteiger partial charge >= 0.3 is 0 Å². The SMILES string of the molecule is CN1C(=O)Cc2cc(C(Br)c3ccc(I)cc3)ccc21. The van der Waals surface area contributed by atoms with Crippen LogP contribution < -0.4 is 4.90 Å². The Kier molecular flexibility index (Phi) is 3.86. The molecule has 0 aliphatic carbocycles. The minimum absolute atomic E-state index is 0.158. The van der Waals surface area contributed by atoms with Crippen molar-refractivity contribution in [2.24, 2.45) is 0 Å². The molecule has 1 unspecified atom stereocenters. The van der Waals surface area contributed by atoms with Crippen LogP contribution in [0.4, 0.5) is 5.69 Å². The Morgan fingerprint density at radius 3 is 2.50 bits per heavy atom. The number of nitrogens with zero attached hydrogens (tertiary/aromatic N) is 1. The monoisotopic (exact) mass is 441 g/mol. The number of alkyl halides is 1. The third-order valence-corrected chi connectivity index (χ3v) is 5.41. The van der Waals surface area contributed by atoms with Gasteiger partial charge in [0.1, 0.15) is 0 Å². The van der Waals surface area contributed by atoms with Crippen LogP contribution in [0, 0.1) is 3.57 Å². The number of halogens is 2. The molecule has 0 bridgehead atoms. The van der Waals surface area contributed by atoms with E-state index in [0.29, 0.717) is 6.42 Å². The quantitative estimate of drug-likeness (QED) is 0.502. The number of hydrogen-bond acceptors (Lipinski definition) is 1. The first-order valence-electron chi connectivity index (χ1n) is 6.35. The Bertz CT molecular complexity index is 669. The predicted octanol–water partition coefficient (Wildman–Crippen LogP) is 4.29. The molecule has 2 aromatic rings. The zero-order valence-corrected chi connectivity index (χ0v) is 14.7. The minimum atomic E-state index is 0.158. The van der Waals surface area contributed by atoms with Crippen LogP contribution in [0.15, 0.2) is 42.5 Å². The molecule has 0 radical (unpaired) electrons. The summed E-state index contributed by atoms with van der Waals surface area (Å²) in [4.78, 5) is 13.6. The van der Waals surface area contributed by atoms with E-state index < -0.39 is 0 Å². The number of anilines is 1. The molecule has 0 saturated carbocycles. The highest BCUT2D eigenvalue weighted by molar-refractivity contribution is 14.1. The van der Waals surface area contributed by atoms with Gasteiger partial charge in [-0.05, 0) is 57.5 Å². The average Bonchev–Trinajstić information content (AvgIpc) is 2.74. The van der Waals surface area contributed by atoms with Crippen molar-refractivity contribution in [2.75, 3.05) is 11.9 Å². The van der Waals surface area contributed by atoms with Gasteiger partial charge in [0, 0.05) is 16.3 Å². The van der Waals surface area contributed by atoms with Crippen molar-refractivity contribution in [1.82, 2.24) is 0 Å². The molecular weight excluding hydrogens is 429 g/mol. The summed E-state index contributed by atoms with van der Waals surface area (Å²) in [5.41, 5.74) is 4.56. The molecule has 0 saturated heterocycles. The second-order valence-electron chi connectivity index (χ2n) is 4.93. The Morgan fingerprint density at radius 2 is 1.80 bits per heavy atom. The molecule has 1 amide bonds. The lowest BCUT2D eigenvalue weighted by atomic mass is 10.0. The third-order valence-electron chi connectivity index (χ3n) is 3.64. The molecular formula is C16H13BrINO. The van der Waals surface area contributed by atoms with Crippen LogP contribution in [-0.2, 0) is 11.2 Å². The molecule has 1 aliphatic rings. The van der Waals surface area contributed by atoms with Crippen molar-refractivity contribution in [3.05, 3.63) is 62.7 Å². The van der Waals surface area contributed by atoms with Crippen LogP contribution in [0.3, 0.4) is 0 Å². The van der Waals surface area contributed by atoms with Crippen LogP contribution in [0.2, 0.25) is 0 Å². The zero-order chi connectivity index (χ0) is 14.3. The first kappa shape index (κ1) is 14.1. The Hall–Kier alpha value is -0.880. The number of carbonyl (C=O) groups excluding carboxylic acids is 1. The molecule has 2 aromatic carbocycles. The summed E-state index contributed by atoms with van der Waals surface area (Å²) in [6, 6.07) is 14.7. The number of benzene rings is 2. The normalized spacial score (nSPS) is 15.3. The molecule has 1 aliphatic heterocycles. The maximum atomic E-state index is 11.7. The highest BCUT2D eigenvalue weighted by atomic mass is 127. The van der Waals surface area contributed by atoms with Gasteiger partial charge in [-0.2, -0.15) is 0 Å². The Morgan fingerprint density at radius 1 is 1.15 bits per heavy atom. The minimum Gasteiger partial charge on any atom is -0.315 e.